The van der Waals surface area contributed by atoms with E-state index in [1.807, 2.05) is 23.1 Å². The van der Waals surface area contributed by atoms with Gasteiger partial charge in [0.05, 0.1) is 5.54 Å². The third-order valence-corrected chi connectivity index (χ3v) is 6.02. The highest BCUT2D eigenvalue weighted by atomic mass is 16.2. The van der Waals surface area contributed by atoms with Crippen molar-refractivity contribution in [1.29, 1.82) is 0 Å². The number of carbonyl (C=O) groups excluding carboxylic acids is 1. The number of anilines is 1. The molecule has 2 aliphatic carbocycles. The zero-order valence-electron chi connectivity index (χ0n) is 15.5. The normalized spacial score (nSPS) is 20.5. The molecule has 0 atom stereocenters. The number of piperazine rings is 1. The van der Waals surface area contributed by atoms with Gasteiger partial charge < -0.3 is 15.5 Å². The summed E-state index contributed by atoms with van der Waals surface area (Å²) >= 11 is 0. The minimum atomic E-state index is -0.571. The number of carbonyl (C=O) groups is 1. The Hall–Kier alpha value is -2.47. The number of hydrogen-bond donors (Lipinski definition) is 1. The van der Waals surface area contributed by atoms with Gasteiger partial charge >= 0.3 is 0 Å². The van der Waals surface area contributed by atoms with Crippen LogP contribution in [0.4, 0.5) is 5.82 Å². The van der Waals surface area contributed by atoms with E-state index in [1.54, 1.807) is 0 Å². The molecule has 1 amide bonds. The maximum atomic E-state index is 12.5. The van der Waals surface area contributed by atoms with Gasteiger partial charge in [-0.2, -0.15) is 0 Å². The second-order valence-electron chi connectivity index (χ2n) is 7.95. The number of fused-ring (bicyclic) bond motifs is 1. The summed E-state index contributed by atoms with van der Waals surface area (Å²) in [5.74, 6) is 2.00. The van der Waals surface area contributed by atoms with Crippen molar-refractivity contribution in [3.8, 4) is 11.4 Å². The van der Waals surface area contributed by atoms with Crippen LogP contribution in [0.3, 0.4) is 0 Å². The van der Waals surface area contributed by atoms with Gasteiger partial charge in [-0.1, -0.05) is 30.3 Å². The minimum absolute atomic E-state index is 0.125. The van der Waals surface area contributed by atoms with Crippen molar-refractivity contribution < 1.29 is 4.79 Å². The van der Waals surface area contributed by atoms with E-state index in [4.69, 9.17) is 15.7 Å². The molecule has 2 fully saturated rings. The predicted molar refractivity (Wildman–Crippen MR) is 104 cm³/mol. The third kappa shape index (κ3) is 2.98. The molecule has 6 heteroatoms. The first kappa shape index (κ1) is 16.7. The summed E-state index contributed by atoms with van der Waals surface area (Å²) < 4.78 is 0. The van der Waals surface area contributed by atoms with Crippen LogP contribution >= 0.6 is 0 Å². The number of nitrogens with zero attached hydrogens (tertiary/aromatic N) is 4. The quantitative estimate of drug-likeness (QED) is 0.900. The molecule has 2 N–H and O–H groups in total. The summed E-state index contributed by atoms with van der Waals surface area (Å²) in [6.45, 7) is 3.05. The van der Waals surface area contributed by atoms with Crippen LogP contribution in [0.25, 0.3) is 11.4 Å². The summed E-state index contributed by atoms with van der Waals surface area (Å²) in [5, 5.41) is 0. The van der Waals surface area contributed by atoms with Gasteiger partial charge in [-0.3, -0.25) is 4.79 Å². The van der Waals surface area contributed by atoms with Gasteiger partial charge in [-0.05, 0) is 32.1 Å². The van der Waals surface area contributed by atoms with Crippen LogP contribution in [0.2, 0.25) is 0 Å². The highest BCUT2D eigenvalue weighted by Gasteiger charge is 2.48. The molecule has 1 saturated carbocycles. The number of hydrogen-bond acceptors (Lipinski definition) is 5. The van der Waals surface area contributed by atoms with Crippen LogP contribution in [0.5, 0.6) is 0 Å². The van der Waals surface area contributed by atoms with E-state index in [-0.39, 0.29) is 5.91 Å². The molecule has 140 valence electrons. The third-order valence-electron chi connectivity index (χ3n) is 6.02. The zero-order chi connectivity index (χ0) is 18.4. The molecule has 5 rings (SSSR count). The van der Waals surface area contributed by atoms with Crippen molar-refractivity contribution in [2.75, 3.05) is 31.1 Å². The fourth-order valence-electron chi connectivity index (χ4n) is 4.18. The second kappa shape index (κ2) is 6.30. The monoisotopic (exact) mass is 363 g/mol. The summed E-state index contributed by atoms with van der Waals surface area (Å²) in [6.07, 6.45) is 4.87. The smallest absolute Gasteiger partial charge is 0.242 e. The molecular weight excluding hydrogens is 338 g/mol. The van der Waals surface area contributed by atoms with E-state index in [9.17, 15) is 4.79 Å². The van der Waals surface area contributed by atoms with E-state index in [0.29, 0.717) is 0 Å². The van der Waals surface area contributed by atoms with Crippen LogP contribution in [-0.2, 0) is 17.6 Å². The van der Waals surface area contributed by atoms with Crippen LogP contribution in [0.15, 0.2) is 30.3 Å². The predicted octanol–water partition coefficient (Wildman–Crippen LogP) is 1.77. The van der Waals surface area contributed by atoms with Gasteiger partial charge in [-0.15, -0.1) is 0 Å². The molecule has 0 spiro atoms. The first-order valence-corrected chi connectivity index (χ1v) is 9.92. The molecule has 1 saturated heterocycles. The zero-order valence-corrected chi connectivity index (χ0v) is 15.5. The Labute approximate surface area is 159 Å². The lowest BCUT2D eigenvalue weighted by atomic mass is 10.1. The van der Waals surface area contributed by atoms with Crippen molar-refractivity contribution in [3.05, 3.63) is 41.6 Å². The number of rotatable bonds is 3. The Bertz CT molecular complexity index is 870. The van der Waals surface area contributed by atoms with E-state index < -0.39 is 5.54 Å². The number of aryl methyl sites for hydroxylation is 1. The molecule has 0 bridgehead atoms. The Morgan fingerprint density at radius 2 is 1.74 bits per heavy atom. The Kier molecular flexibility index (Phi) is 3.90. The van der Waals surface area contributed by atoms with Gasteiger partial charge in [-0.25, -0.2) is 9.97 Å². The van der Waals surface area contributed by atoms with Crippen LogP contribution in [0.1, 0.15) is 30.5 Å². The fourth-order valence-corrected chi connectivity index (χ4v) is 4.18. The van der Waals surface area contributed by atoms with Crippen molar-refractivity contribution in [2.45, 2.75) is 37.6 Å². The van der Waals surface area contributed by atoms with E-state index >= 15 is 0 Å². The van der Waals surface area contributed by atoms with E-state index in [2.05, 4.69) is 17.0 Å². The SMILES string of the molecule is NC1(C(=O)N2CCN(c3nc(-c4ccccc4)nc4c3CCC4)CC2)CC1. The summed E-state index contributed by atoms with van der Waals surface area (Å²) in [7, 11) is 0. The van der Waals surface area contributed by atoms with E-state index in [0.717, 1.165) is 75.5 Å². The van der Waals surface area contributed by atoms with Gasteiger partial charge in [0.15, 0.2) is 5.82 Å². The van der Waals surface area contributed by atoms with Crippen molar-refractivity contribution in [2.24, 2.45) is 5.73 Å². The number of benzene rings is 1. The van der Waals surface area contributed by atoms with Crippen molar-refractivity contribution in [1.82, 2.24) is 14.9 Å². The summed E-state index contributed by atoms with van der Waals surface area (Å²) in [4.78, 5) is 26.6. The molecule has 1 aliphatic heterocycles. The number of aromatic nitrogens is 2. The standard InChI is InChI=1S/C21H25N5O/c22-21(9-10-21)20(27)26-13-11-25(12-14-26)19-16-7-4-8-17(16)23-18(24-19)15-5-2-1-3-6-15/h1-3,5-6H,4,7-14,22H2. The lowest BCUT2D eigenvalue weighted by Crippen LogP contribution is -2.54. The molecule has 27 heavy (non-hydrogen) atoms. The van der Waals surface area contributed by atoms with Crippen LogP contribution in [0, 0.1) is 0 Å². The molecule has 0 unspecified atom stereocenters. The average molecular weight is 363 g/mol. The highest BCUT2D eigenvalue weighted by Crippen LogP contribution is 2.35. The van der Waals surface area contributed by atoms with E-state index in [1.165, 1.54) is 11.3 Å². The molecule has 3 aliphatic rings. The topological polar surface area (TPSA) is 75.4 Å². The Balaban J connectivity index is 1.40. The first-order chi connectivity index (χ1) is 13.1. The highest BCUT2D eigenvalue weighted by molar-refractivity contribution is 5.89. The maximum absolute atomic E-state index is 12.5. The first-order valence-electron chi connectivity index (χ1n) is 9.92. The lowest BCUT2D eigenvalue weighted by molar-refractivity contribution is -0.133. The number of amides is 1. The van der Waals surface area contributed by atoms with Gasteiger partial charge in [0.1, 0.15) is 5.82 Å². The summed E-state index contributed by atoms with van der Waals surface area (Å²) in [5.41, 5.74) is 9.07. The van der Waals surface area contributed by atoms with Gasteiger partial charge in [0.25, 0.3) is 0 Å². The fraction of sp³-hybridized carbons (Fsp3) is 0.476. The van der Waals surface area contributed by atoms with Gasteiger partial charge in [0.2, 0.25) is 5.91 Å². The molecule has 0 radical (unpaired) electrons. The maximum Gasteiger partial charge on any atom is 0.242 e. The largest absolute Gasteiger partial charge is 0.353 e. The number of nitrogens with two attached hydrogens (primary N) is 1. The van der Waals surface area contributed by atoms with Gasteiger partial charge in [0, 0.05) is 43.0 Å². The molecular formula is C21H25N5O. The molecule has 2 aromatic rings. The van der Waals surface area contributed by atoms with Crippen LogP contribution in [-0.4, -0.2) is 52.5 Å². The second-order valence-corrected chi connectivity index (χ2v) is 7.95. The van der Waals surface area contributed by atoms with Crippen LogP contribution < -0.4 is 10.6 Å². The summed E-state index contributed by atoms with van der Waals surface area (Å²) in [6, 6.07) is 10.2. The minimum Gasteiger partial charge on any atom is -0.353 e. The Morgan fingerprint density at radius 3 is 2.44 bits per heavy atom. The molecule has 1 aromatic heterocycles. The van der Waals surface area contributed by atoms with Crippen molar-refractivity contribution in [3.63, 3.8) is 0 Å². The average Bonchev–Trinajstić information content (AvgIpc) is 3.29. The Morgan fingerprint density at radius 1 is 1.00 bits per heavy atom. The molecule has 2 heterocycles. The van der Waals surface area contributed by atoms with Crippen molar-refractivity contribution >= 4 is 11.7 Å². The molecule has 6 nitrogen and oxygen atoms in total. The molecule has 1 aromatic carbocycles. The lowest BCUT2D eigenvalue weighted by Gasteiger charge is -2.37.